The van der Waals surface area contributed by atoms with E-state index in [2.05, 4.69) is 33.0 Å². The molecule has 0 spiro atoms. The molecule has 15 heavy (non-hydrogen) atoms. The van der Waals surface area contributed by atoms with E-state index in [1.807, 2.05) is 20.2 Å². The van der Waals surface area contributed by atoms with Crippen molar-refractivity contribution < 1.29 is 4.74 Å². The first-order valence-electron chi connectivity index (χ1n) is 4.48. The van der Waals surface area contributed by atoms with E-state index in [9.17, 15) is 0 Å². The van der Waals surface area contributed by atoms with Gasteiger partial charge in [0, 0.05) is 13.1 Å². The number of hydrazone groups is 1. The van der Waals surface area contributed by atoms with E-state index in [0.29, 0.717) is 18.3 Å². The summed E-state index contributed by atoms with van der Waals surface area (Å²) in [5.74, 6) is 0.788. The molecule has 84 valence electrons. The molecule has 0 amide bonds. The van der Waals surface area contributed by atoms with Crippen molar-refractivity contribution >= 4 is 39.4 Å². The van der Waals surface area contributed by atoms with Crippen LogP contribution in [0.5, 0.6) is 0 Å². The maximum atomic E-state index is 5.91. The standard InChI is InChI=1S/C9H13ClIN3O/c1-7-5-8(10)13-14(3-4-15-7)6-9(11)12-2/h5-6,12H,3-4H2,1-2H3/b7-5+,9-6-,13-8+. The summed E-state index contributed by atoms with van der Waals surface area (Å²) >= 11 is 8.09. The molecule has 0 saturated heterocycles. The fourth-order valence-corrected chi connectivity index (χ4v) is 1.57. The van der Waals surface area contributed by atoms with Gasteiger partial charge in [-0.2, -0.15) is 5.10 Å². The van der Waals surface area contributed by atoms with Gasteiger partial charge in [0.25, 0.3) is 0 Å². The molecule has 1 heterocycles. The van der Waals surface area contributed by atoms with Crippen LogP contribution in [0.2, 0.25) is 0 Å². The Morgan fingerprint density at radius 1 is 1.80 bits per heavy atom. The van der Waals surface area contributed by atoms with Crippen molar-refractivity contribution in [2.24, 2.45) is 5.10 Å². The lowest BCUT2D eigenvalue weighted by Gasteiger charge is -2.18. The third-order valence-corrected chi connectivity index (χ3v) is 2.70. The summed E-state index contributed by atoms with van der Waals surface area (Å²) in [6.45, 7) is 3.14. The molecule has 0 fully saturated rings. The van der Waals surface area contributed by atoms with Gasteiger partial charge in [-0.3, -0.25) is 5.01 Å². The minimum atomic E-state index is 0.420. The van der Waals surface area contributed by atoms with E-state index < -0.39 is 0 Å². The monoisotopic (exact) mass is 341 g/mol. The molecular formula is C9H13ClIN3O. The summed E-state index contributed by atoms with van der Waals surface area (Å²) in [6.07, 6.45) is 3.58. The van der Waals surface area contributed by atoms with Gasteiger partial charge in [0.05, 0.1) is 22.2 Å². The SMILES string of the molecule is CN/C(I)=C\N1CCO/C(C)=C/C(Cl)=N\1. The number of nitrogens with one attached hydrogen (secondary N) is 1. The van der Waals surface area contributed by atoms with Gasteiger partial charge in [-0.25, -0.2) is 0 Å². The van der Waals surface area contributed by atoms with E-state index in [1.54, 1.807) is 11.1 Å². The molecule has 1 aliphatic heterocycles. The van der Waals surface area contributed by atoms with Crippen molar-refractivity contribution in [3.63, 3.8) is 0 Å². The summed E-state index contributed by atoms with van der Waals surface area (Å²) in [6, 6.07) is 0. The zero-order chi connectivity index (χ0) is 11.3. The first-order chi connectivity index (χ1) is 7.11. The molecule has 0 aromatic rings. The Kier molecular flexibility index (Phi) is 5.24. The lowest BCUT2D eigenvalue weighted by molar-refractivity contribution is 0.181. The summed E-state index contributed by atoms with van der Waals surface area (Å²) in [5, 5.41) is 9.40. The summed E-state index contributed by atoms with van der Waals surface area (Å²) < 4.78 is 6.39. The van der Waals surface area contributed by atoms with E-state index in [4.69, 9.17) is 16.3 Å². The lowest BCUT2D eigenvalue weighted by Crippen LogP contribution is -2.21. The second-order valence-electron chi connectivity index (χ2n) is 2.92. The molecular weight excluding hydrogens is 328 g/mol. The number of rotatable bonds is 2. The van der Waals surface area contributed by atoms with Crippen LogP contribution in [0.4, 0.5) is 0 Å². The van der Waals surface area contributed by atoms with Crippen LogP contribution in [0.3, 0.4) is 0 Å². The molecule has 0 aromatic carbocycles. The van der Waals surface area contributed by atoms with Crippen molar-refractivity contribution in [1.29, 1.82) is 0 Å². The van der Waals surface area contributed by atoms with Gasteiger partial charge in [0.2, 0.25) is 0 Å². The highest BCUT2D eigenvalue weighted by Crippen LogP contribution is 2.09. The smallest absolute Gasteiger partial charge is 0.152 e. The fourth-order valence-electron chi connectivity index (χ4n) is 1.000. The van der Waals surface area contributed by atoms with Crippen LogP contribution in [0.15, 0.2) is 26.8 Å². The third kappa shape index (κ3) is 4.74. The number of ether oxygens (including phenoxy) is 1. The molecule has 0 saturated carbocycles. The zero-order valence-electron chi connectivity index (χ0n) is 8.63. The number of nitrogens with zero attached hydrogens (tertiary/aromatic N) is 2. The quantitative estimate of drug-likeness (QED) is 0.618. The Hall–Kier alpha value is -0.430. The molecule has 0 atom stereocenters. The fraction of sp³-hybridized carbons (Fsp3) is 0.444. The van der Waals surface area contributed by atoms with Crippen molar-refractivity contribution in [3.05, 3.63) is 21.7 Å². The summed E-state index contributed by atoms with van der Waals surface area (Å²) in [5.41, 5.74) is 0. The van der Waals surface area contributed by atoms with Crippen LogP contribution >= 0.6 is 34.2 Å². The Bertz CT molecular complexity index is 314. The number of halogens is 2. The minimum Gasteiger partial charge on any atom is -0.496 e. The van der Waals surface area contributed by atoms with Crippen LogP contribution in [-0.2, 0) is 4.74 Å². The first-order valence-corrected chi connectivity index (χ1v) is 5.94. The highest BCUT2D eigenvalue weighted by atomic mass is 127. The van der Waals surface area contributed by atoms with Gasteiger partial charge in [0.15, 0.2) is 5.17 Å². The lowest BCUT2D eigenvalue weighted by atomic mass is 10.5. The van der Waals surface area contributed by atoms with Gasteiger partial charge in [-0.1, -0.05) is 11.6 Å². The van der Waals surface area contributed by atoms with Crippen LogP contribution in [0, 0.1) is 0 Å². The molecule has 0 unspecified atom stereocenters. The Morgan fingerprint density at radius 3 is 3.20 bits per heavy atom. The van der Waals surface area contributed by atoms with Crippen molar-refractivity contribution in [2.75, 3.05) is 20.2 Å². The third-order valence-electron chi connectivity index (χ3n) is 1.70. The molecule has 0 aliphatic carbocycles. The van der Waals surface area contributed by atoms with Crippen molar-refractivity contribution in [3.8, 4) is 0 Å². The molecule has 1 rings (SSSR count). The summed E-state index contributed by atoms with van der Waals surface area (Å²) in [4.78, 5) is 0. The predicted molar refractivity (Wildman–Crippen MR) is 70.9 cm³/mol. The molecule has 6 heteroatoms. The Morgan fingerprint density at radius 2 is 2.53 bits per heavy atom. The predicted octanol–water partition coefficient (Wildman–Crippen LogP) is 2.23. The van der Waals surface area contributed by atoms with E-state index in [0.717, 1.165) is 9.46 Å². The average molecular weight is 342 g/mol. The Balaban J connectivity index is 2.79. The van der Waals surface area contributed by atoms with Gasteiger partial charge in [0.1, 0.15) is 6.61 Å². The molecule has 4 nitrogen and oxygen atoms in total. The molecule has 1 aliphatic rings. The van der Waals surface area contributed by atoms with Crippen LogP contribution in [0.1, 0.15) is 6.92 Å². The largest absolute Gasteiger partial charge is 0.496 e. The Labute approximate surface area is 108 Å². The second kappa shape index (κ2) is 6.22. The highest BCUT2D eigenvalue weighted by molar-refractivity contribution is 14.1. The van der Waals surface area contributed by atoms with E-state index >= 15 is 0 Å². The highest BCUT2D eigenvalue weighted by Gasteiger charge is 2.05. The normalized spacial score (nSPS) is 25.3. The molecule has 0 aromatic heterocycles. The van der Waals surface area contributed by atoms with E-state index in [-0.39, 0.29) is 0 Å². The zero-order valence-corrected chi connectivity index (χ0v) is 11.5. The molecule has 0 radical (unpaired) electrons. The van der Waals surface area contributed by atoms with Crippen LogP contribution in [-0.4, -0.2) is 30.4 Å². The average Bonchev–Trinajstić information content (AvgIpc) is 2.14. The molecule has 0 bridgehead atoms. The van der Waals surface area contributed by atoms with Gasteiger partial charge in [-0.15, -0.1) is 0 Å². The second-order valence-corrected chi connectivity index (χ2v) is 4.47. The number of allylic oxidation sites excluding steroid dienone is 2. The van der Waals surface area contributed by atoms with Crippen molar-refractivity contribution in [1.82, 2.24) is 10.3 Å². The maximum absolute atomic E-state index is 5.91. The van der Waals surface area contributed by atoms with E-state index in [1.165, 1.54) is 0 Å². The summed E-state index contributed by atoms with van der Waals surface area (Å²) in [7, 11) is 1.86. The minimum absolute atomic E-state index is 0.420. The number of hydrogen-bond acceptors (Lipinski definition) is 4. The van der Waals surface area contributed by atoms with Crippen LogP contribution < -0.4 is 5.32 Å². The van der Waals surface area contributed by atoms with Crippen LogP contribution in [0.25, 0.3) is 0 Å². The van der Waals surface area contributed by atoms with Crippen molar-refractivity contribution in [2.45, 2.75) is 6.92 Å². The van der Waals surface area contributed by atoms with Gasteiger partial charge < -0.3 is 10.1 Å². The van der Waals surface area contributed by atoms with Gasteiger partial charge >= 0.3 is 0 Å². The topological polar surface area (TPSA) is 36.9 Å². The number of hydrogen-bond donors (Lipinski definition) is 1. The molecule has 1 N–H and O–H groups in total. The maximum Gasteiger partial charge on any atom is 0.152 e. The first kappa shape index (κ1) is 12.6. The van der Waals surface area contributed by atoms with Gasteiger partial charge in [-0.05, 0) is 29.5 Å².